The Morgan fingerprint density at radius 1 is 1.55 bits per heavy atom. The average Bonchev–Trinajstić information content (AvgIpc) is 3.21. The number of hydrogen-bond acceptors (Lipinski definition) is 5. The molecule has 0 saturated heterocycles. The van der Waals surface area contributed by atoms with E-state index in [1.54, 1.807) is 28.8 Å². The average molecular weight is 279 g/mol. The minimum absolute atomic E-state index is 0.0629. The van der Waals surface area contributed by atoms with Gasteiger partial charge in [-0.1, -0.05) is 0 Å². The predicted molar refractivity (Wildman–Crippen MR) is 75.9 cm³/mol. The molecule has 1 aliphatic rings. The maximum absolute atomic E-state index is 12.4. The number of hydrogen-bond donors (Lipinski definition) is 0. The van der Waals surface area contributed by atoms with Crippen LogP contribution in [0.3, 0.4) is 0 Å². The summed E-state index contributed by atoms with van der Waals surface area (Å²) in [6.45, 7) is 6.08. The van der Waals surface area contributed by atoms with Gasteiger partial charge in [-0.3, -0.25) is 9.59 Å². The van der Waals surface area contributed by atoms with Crippen LogP contribution in [-0.2, 0) is 9.53 Å². The fourth-order valence-corrected chi connectivity index (χ4v) is 2.13. The van der Waals surface area contributed by atoms with Crippen molar-refractivity contribution in [2.45, 2.75) is 45.7 Å². The van der Waals surface area contributed by atoms with E-state index < -0.39 is 0 Å². The zero-order valence-electron chi connectivity index (χ0n) is 12.2. The first-order chi connectivity index (χ1) is 9.54. The molecule has 110 valence electrons. The number of carbonyl (C=O) groups is 1. The molecule has 0 aliphatic heterocycles. The van der Waals surface area contributed by atoms with Gasteiger partial charge < -0.3 is 14.2 Å². The van der Waals surface area contributed by atoms with Crippen molar-refractivity contribution < 1.29 is 9.53 Å². The Hall–Kier alpha value is -1.85. The maximum Gasteiger partial charge on any atom is 0.325 e. The Labute approximate surface area is 118 Å². The lowest BCUT2D eigenvalue weighted by Crippen LogP contribution is -2.39. The summed E-state index contributed by atoms with van der Waals surface area (Å²) in [7, 11) is 0. The van der Waals surface area contributed by atoms with Crippen molar-refractivity contribution >= 4 is 11.8 Å². The highest BCUT2D eigenvalue weighted by Gasteiger charge is 2.33. The number of nitrogens with zero attached hydrogens (tertiary/aromatic N) is 3. The minimum Gasteiger partial charge on any atom is -0.465 e. The Bertz CT molecular complexity index is 535. The van der Waals surface area contributed by atoms with Gasteiger partial charge in [0.1, 0.15) is 6.54 Å². The van der Waals surface area contributed by atoms with E-state index in [0.717, 1.165) is 12.8 Å². The number of carbonyl (C=O) groups excluding carboxylic acids is 1. The first-order valence-electron chi connectivity index (χ1n) is 7.04. The zero-order chi connectivity index (χ0) is 14.7. The Morgan fingerprint density at radius 2 is 2.25 bits per heavy atom. The third-order valence-electron chi connectivity index (χ3n) is 3.27. The molecule has 0 unspecified atom stereocenters. The molecule has 0 aromatic carbocycles. The predicted octanol–water partition coefficient (Wildman–Crippen LogP) is 1.36. The van der Waals surface area contributed by atoms with Crippen LogP contribution in [0.25, 0.3) is 0 Å². The molecule has 0 bridgehead atoms. The fourth-order valence-electron chi connectivity index (χ4n) is 2.13. The van der Waals surface area contributed by atoms with Gasteiger partial charge in [0.15, 0.2) is 5.82 Å². The minimum atomic E-state index is -0.319. The Morgan fingerprint density at radius 3 is 2.80 bits per heavy atom. The third kappa shape index (κ3) is 3.18. The summed E-state index contributed by atoms with van der Waals surface area (Å²) >= 11 is 0. The topological polar surface area (TPSA) is 64.4 Å². The second-order valence-electron chi connectivity index (χ2n) is 5.22. The van der Waals surface area contributed by atoms with Crippen LogP contribution in [0.15, 0.2) is 17.2 Å². The molecule has 1 aliphatic carbocycles. The van der Waals surface area contributed by atoms with Crippen molar-refractivity contribution in [1.82, 2.24) is 9.55 Å². The molecule has 0 atom stereocenters. The van der Waals surface area contributed by atoms with Gasteiger partial charge in [-0.05, 0) is 33.6 Å². The molecular weight excluding hydrogens is 258 g/mol. The van der Waals surface area contributed by atoms with E-state index in [1.165, 1.54) is 0 Å². The van der Waals surface area contributed by atoms with E-state index in [-0.39, 0.29) is 30.2 Å². The van der Waals surface area contributed by atoms with Gasteiger partial charge in [0, 0.05) is 24.5 Å². The summed E-state index contributed by atoms with van der Waals surface area (Å²) in [6.07, 6.45) is 5.25. The molecule has 0 amide bonds. The van der Waals surface area contributed by atoms with Gasteiger partial charge in [0.05, 0.1) is 6.61 Å². The summed E-state index contributed by atoms with van der Waals surface area (Å²) in [5.41, 5.74) is -0.154. The molecule has 6 heteroatoms. The molecule has 1 saturated carbocycles. The van der Waals surface area contributed by atoms with Gasteiger partial charge in [-0.15, -0.1) is 0 Å². The lowest BCUT2D eigenvalue weighted by Gasteiger charge is -2.22. The first kappa shape index (κ1) is 14.6. The molecule has 1 fully saturated rings. The Balaban J connectivity index is 2.28. The quantitative estimate of drug-likeness (QED) is 0.736. The molecule has 0 N–H and O–H groups in total. The second-order valence-corrected chi connectivity index (χ2v) is 5.22. The number of ether oxygens (including phenoxy) is 1. The molecule has 0 radical (unpaired) electrons. The highest BCUT2D eigenvalue weighted by molar-refractivity contribution is 5.75. The fraction of sp³-hybridized carbons (Fsp3) is 0.643. The van der Waals surface area contributed by atoms with Crippen LogP contribution in [0.4, 0.5) is 5.82 Å². The number of anilines is 1. The molecular formula is C14H21N3O3. The van der Waals surface area contributed by atoms with Crippen LogP contribution in [0.2, 0.25) is 0 Å². The van der Waals surface area contributed by atoms with Crippen molar-refractivity contribution in [3.63, 3.8) is 0 Å². The molecule has 0 spiro atoms. The summed E-state index contributed by atoms with van der Waals surface area (Å²) in [6, 6.07) is 0.288. The molecule has 1 heterocycles. The van der Waals surface area contributed by atoms with Crippen LogP contribution in [-0.4, -0.2) is 34.7 Å². The number of aromatic nitrogens is 2. The van der Waals surface area contributed by atoms with E-state index in [4.69, 9.17) is 4.74 Å². The lowest BCUT2D eigenvalue weighted by molar-refractivity contribution is -0.141. The van der Waals surface area contributed by atoms with Crippen molar-refractivity contribution in [3.8, 4) is 0 Å². The largest absolute Gasteiger partial charge is 0.465 e. The first-order valence-corrected chi connectivity index (χ1v) is 7.04. The van der Waals surface area contributed by atoms with Crippen LogP contribution < -0.4 is 10.5 Å². The lowest BCUT2D eigenvalue weighted by atomic mass is 10.3. The normalized spacial score (nSPS) is 14.4. The van der Waals surface area contributed by atoms with E-state index in [9.17, 15) is 9.59 Å². The smallest absolute Gasteiger partial charge is 0.325 e. The summed E-state index contributed by atoms with van der Waals surface area (Å²) < 4.78 is 6.60. The second kappa shape index (κ2) is 6.07. The van der Waals surface area contributed by atoms with E-state index in [0.29, 0.717) is 12.4 Å². The van der Waals surface area contributed by atoms with Crippen LogP contribution in [0.5, 0.6) is 0 Å². The van der Waals surface area contributed by atoms with Crippen LogP contribution >= 0.6 is 0 Å². The van der Waals surface area contributed by atoms with Crippen molar-refractivity contribution in [2.75, 3.05) is 18.1 Å². The van der Waals surface area contributed by atoms with Crippen molar-refractivity contribution in [2.24, 2.45) is 0 Å². The number of rotatable bonds is 6. The molecule has 1 aromatic rings. The van der Waals surface area contributed by atoms with Gasteiger partial charge in [-0.2, -0.15) is 0 Å². The van der Waals surface area contributed by atoms with E-state index >= 15 is 0 Å². The standard InChI is InChI=1S/C14H21N3O3/c1-4-20-12(18)9-17(11-5-6-11)13-14(19)16(10(2)3)8-7-15-13/h7-8,10-11H,4-6,9H2,1-3H3. The zero-order valence-corrected chi connectivity index (χ0v) is 12.2. The van der Waals surface area contributed by atoms with Gasteiger partial charge in [0.25, 0.3) is 5.56 Å². The van der Waals surface area contributed by atoms with Crippen LogP contribution in [0.1, 0.15) is 39.7 Å². The molecule has 20 heavy (non-hydrogen) atoms. The van der Waals surface area contributed by atoms with Gasteiger partial charge in [0.2, 0.25) is 0 Å². The third-order valence-corrected chi connectivity index (χ3v) is 3.27. The molecule has 1 aromatic heterocycles. The number of esters is 1. The van der Waals surface area contributed by atoms with E-state index in [2.05, 4.69) is 4.98 Å². The van der Waals surface area contributed by atoms with Crippen LogP contribution in [0, 0.1) is 0 Å². The molecule has 2 rings (SSSR count). The summed E-state index contributed by atoms with van der Waals surface area (Å²) in [4.78, 5) is 30.1. The van der Waals surface area contributed by atoms with Gasteiger partial charge >= 0.3 is 5.97 Å². The van der Waals surface area contributed by atoms with E-state index in [1.807, 2.05) is 13.8 Å². The monoisotopic (exact) mass is 279 g/mol. The highest BCUT2D eigenvalue weighted by atomic mass is 16.5. The molecule has 6 nitrogen and oxygen atoms in total. The van der Waals surface area contributed by atoms with Crippen molar-refractivity contribution in [1.29, 1.82) is 0 Å². The summed E-state index contributed by atoms with van der Waals surface area (Å²) in [5, 5.41) is 0. The highest BCUT2D eigenvalue weighted by Crippen LogP contribution is 2.29. The Kier molecular flexibility index (Phi) is 4.42. The SMILES string of the molecule is CCOC(=O)CN(c1nccn(C(C)C)c1=O)C1CC1. The summed E-state index contributed by atoms with van der Waals surface area (Å²) in [5.74, 6) is 0.0253. The van der Waals surface area contributed by atoms with Gasteiger partial charge in [-0.25, -0.2) is 4.98 Å². The van der Waals surface area contributed by atoms with Crippen molar-refractivity contribution in [3.05, 3.63) is 22.7 Å². The maximum atomic E-state index is 12.4.